The van der Waals surface area contributed by atoms with E-state index in [2.05, 4.69) is 20.9 Å². The van der Waals surface area contributed by atoms with Crippen LogP contribution in [-0.2, 0) is 10.0 Å². The molecule has 0 fully saturated rings. The summed E-state index contributed by atoms with van der Waals surface area (Å²) < 4.78 is 25.6. The molecule has 1 atom stereocenters. The Morgan fingerprint density at radius 1 is 1.56 bits per heavy atom. The van der Waals surface area contributed by atoms with Gasteiger partial charge in [-0.1, -0.05) is 0 Å². The molecule has 5 nitrogen and oxygen atoms in total. The van der Waals surface area contributed by atoms with Gasteiger partial charge in [0.05, 0.1) is 6.10 Å². The number of hydrogen-bond acceptors (Lipinski definition) is 4. The van der Waals surface area contributed by atoms with Crippen LogP contribution in [0.1, 0.15) is 6.92 Å². The van der Waals surface area contributed by atoms with Gasteiger partial charge in [-0.15, -0.1) is 0 Å². The molecule has 16 heavy (non-hydrogen) atoms. The molecule has 7 heteroatoms. The smallest absolute Gasteiger partial charge is 0.244 e. The van der Waals surface area contributed by atoms with Crippen LogP contribution in [0.15, 0.2) is 27.8 Å². The van der Waals surface area contributed by atoms with E-state index in [4.69, 9.17) is 5.11 Å². The molecule has 0 aliphatic rings. The molecule has 1 aromatic rings. The van der Waals surface area contributed by atoms with Gasteiger partial charge in [-0.3, -0.25) is 4.98 Å². The molecule has 0 aliphatic carbocycles. The lowest BCUT2D eigenvalue weighted by molar-refractivity contribution is 0.171. The first-order valence-electron chi connectivity index (χ1n) is 4.59. The Kier molecular flexibility index (Phi) is 4.43. The number of halogens is 1. The van der Waals surface area contributed by atoms with E-state index < -0.39 is 16.1 Å². The van der Waals surface area contributed by atoms with E-state index in [9.17, 15) is 8.42 Å². The van der Waals surface area contributed by atoms with Gasteiger partial charge in [0, 0.05) is 30.5 Å². The highest BCUT2D eigenvalue weighted by atomic mass is 79.9. The summed E-state index contributed by atoms with van der Waals surface area (Å²) in [5.41, 5.74) is 0. The predicted octanol–water partition coefficient (Wildman–Crippen LogP) is 0.845. The number of pyridine rings is 1. The van der Waals surface area contributed by atoms with Crippen LogP contribution in [0.2, 0.25) is 0 Å². The highest BCUT2D eigenvalue weighted by Gasteiger charge is 2.22. The molecule has 0 radical (unpaired) electrons. The first-order valence-corrected chi connectivity index (χ1v) is 6.82. The van der Waals surface area contributed by atoms with Gasteiger partial charge < -0.3 is 5.11 Å². The van der Waals surface area contributed by atoms with Gasteiger partial charge in [-0.2, -0.15) is 4.31 Å². The number of aliphatic hydroxyl groups is 1. The van der Waals surface area contributed by atoms with Gasteiger partial charge in [0.2, 0.25) is 10.0 Å². The molecule has 0 saturated carbocycles. The molecule has 1 unspecified atom stereocenters. The van der Waals surface area contributed by atoms with E-state index in [1.165, 1.54) is 32.4 Å². The Morgan fingerprint density at radius 2 is 2.19 bits per heavy atom. The average molecular weight is 309 g/mol. The number of aromatic nitrogens is 1. The minimum absolute atomic E-state index is 0.0504. The van der Waals surface area contributed by atoms with E-state index in [1.807, 2.05) is 0 Å². The summed E-state index contributed by atoms with van der Waals surface area (Å²) in [5.74, 6) is 0. The van der Waals surface area contributed by atoms with E-state index in [0.717, 1.165) is 4.31 Å². The first kappa shape index (κ1) is 13.6. The fourth-order valence-electron chi connectivity index (χ4n) is 1.18. The normalized spacial score (nSPS) is 14.1. The summed E-state index contributed by atoms with van der Waals surface area (Å²) in [6.07, 6.45) is 2.08. The van der Waals surface area contributed by atoms with Crippen molar-refractivity contribution in [2.24, 2.45) is 0 Å². The highest BCUT2D eigenvalue weighted by Crippen LogP contribution is 2.17. The maximum Gasteiger partial charge on any atom is 0.244 e. The lowest BCUT2D eigenvalue weighted by Gasteiger charge is -2.18. The number of nitrogens with zero attached hydrogens (tertiary/aromatic N) is 2. The molecule has 1 aromatic heterocycles. The standard InChI is InChI=1S/C9H13BrN2O3S/c1-7(13)6-12(2)16(14,15)9-3-8(10)4-11-5-9/h3-5,7,13H,6H2,1-2H3. The van der Waals surface area contributed by atoms with Crippen LogP contribution in [0.3, 0.4) is 0 Å². The first-order chi connectivity index (χ1) is 7.34. The second-order valence-electron chi connectivity index (χ2n) is 3.47. The zero-order valence-corrected chi connectivity index (χ0v) is 11.4. The summed E-state index contributed by atoms with van der Waals surface area (Å²) in [5, 5.41) is 9.16. The lowest BCUT2D eigenvalue weighted by atomic mass is 10.4. The Morgan fingerprint density at radius 3 is 2.69 bits per heavy atom. The highest BCUT2D eigenvalue weighted by molar-refractivity contribution is 9.10. The zero-order valence-electron chi connectivity index (χ0n) is 8.96. The summed E-state index contributed by atoms with van der Waals surface area (Å²) in [4.78, 5) is 3.90. The molecule has 1 N–H and O–H groups in total. The van der Waals surface area contributed by atoms with Crippen molar-refractivity contribution in [1.82, 2.24) is 9.29 Å². The van der Waals surface area contributed by atoms with Crippen molar-refractivity contribution in [3.63, 3.8) is 0 Å². The third kappa shape index (κ3) is 3.24. The molecule has 1 heterocycles. The van der Waals surface area contributed by atoms with Gasteiger partial charge in [0.15, 0.2) is 0 Å². The second-order valence-corrected chi connectivity index (χ2v) is 6.43. The van der Waals surface area contributed by atoms with Crippen LogP contribution >= 0.6 is 15.9 Å². The second kappa shape index (κ2) is 5.22. The Bertz CT molecular complexity index is 462. The van der Waals surface area contributed by atoms with Crippen LogP contribution in [0.25, 0.3) is 0 Å². The molecule has 0 bridgehead atoms. The van der Waals surface area contributed by atoms with Gasteiger partial charge >= 0.3 is 0 Å². The maximum absolute atomic E-state index is 12.0. The quantitative estimate of drug-likeness (QED) is 0.895. The lowest BCUT2D eigenvalue weighted by Crippen LogP contribution is -2.33. The molecule has 0 amide bonds. The molecular weight excluding hydrogens is 296 g/mol. The van der Waals surface area contributed by atoms with E-state index in [-0.39, 0.29) is 11.4 Å². The Labute approximate surface area is 103 Å². The predicted molar refractivity (Wildman–Crippen MR) is 63.4 cm³/mol. The van der Waals surface area contributed by atoms with E-state index in [0.29, 0.717) is 4.47 Å². The molecule has 0 aliphatic heterocycles. The maximum atomic E-state index is 12.0. The van der Waals surface area contributed by atoms with Crippen molar-refractivity contribution in [3.8, 4) is 0 Å². The fraction of sp³-hybridized carbons (Fsp3) is 0.444. The van der Waals surface area contributed by atoms with Crippen molar-refractivity contribution < 1.29 is 13.5 Å². The summed E-state index contributed by atoms with van der Waals surface area (Å²) in [7, 11) is -2.16. The van der Waals surface area contributed by atoms with E-state index >= 15 is 0 Å². The van der Waals surface area contributed by atoms with E-state index in [1.54, 1.807) is 0 Å². The molecule has 0 aromatic carbocycles. The van der Waals surface area contributed by atoms with Gasteiger partial charge in [-0.25, -0.2) is 8.42 Å². The largest absolute Gasteiger partial charge is 0.392 e. The van der Waals surface area contributed by atoms with Crippen LogP contribution in [-0.4, -0.2) is 42.5 Å². The Hall–Kier alpha value is -0.500. The number of hydrogen-bond donors (Lipinski definition) is 1. The number of sulfonamides is 1. The topological polar surface area (TPSA) is 70.5 Å². The molecular formula is C9H13BrN2O3S. The number of aliphatic hydroxyl groups excluding tert-OH is 1. The third-order valence-electron chi connectivity index (χ3n) is 1.91. The van der Waals surface area contributed by atoms with Crippen molar-refractivity contribution in [1.29, 1.82) is 0 Å². The van der Waals surface area contributed by atoms with Gasteiger partial charge in [-0.05, 0) is 28.9 Å². The SMILES string of the molecule is CC(O)CN(C)S(=O)(=O)c1cncc(Br)c1. The molecule has 1 rings (SSSR count). The molecule has 0 spiro atoms. The van der Waals surface area contributed by atoms with Crippen LogP contribution in [0, 0.1) is 0 Å². The monoisotopic (exact) mass is 308 g/mol. The molecule has 90 valence electrons. The Balaban J connectivity index is 3.02. The van der Waals surface area contributed by atoms with Crippen LogP contribution in [0.4, 0.5) is 0 Å². The minimum atomic E-state index is -3.58. The number of likely N-dealkylation sites (N-methyl/N-ethyl adjacent to an activating group) is 1. The van der Waals surface area contributed by atoms with Crippen LogP contribution < -0.4 is 0 Å². The average Bonchev–Trinajstić information content (AvgIpc) is 2.16. The summed E-state index contributed by atoms with van der Waals surface area (Å²) in [6.45, 7) is 1.58. The van der Waals surface area contributed by atoms with Crippen molar-refractivity contribution in [2.75, 3.05) is 13.6 Å². The zero-order chi connectivity index (χ0) is 12.3. The van der Waals surface area contributed by atoms with Crippen LogP contribution in [0.5, 0.6) is 0 Å². The van der Waals surface area contributed by atoms with Crippen molar-refractivity contribution >= 4 is 26.0 Å². The third-order valence-corrected chi connectivity index (χ3v) is 4.13. The van der Waals surface area contributed by atoms with Gasteiger partial charge in [0.25, 0.3) is 0 Å². The summed E-state index contributed by atoms with van der Waals surface area (Å²) >= 11 is 3.16. The molecule has 0 saturated heterocycles. The number of rotatable bonds is 4. The van der Waals surface area contributed by atoms with Crippen molar-refractivity contribution in [2.45, 2.75) is 17.9 Å². The van der Waals surface area contributed by atoms with Crippen molar-refractivity contribution in [3.05, 3.63) is 22.9 Å². The fourth-order valence-corrected chi connectivity index (χ4v) is 2.94. The summed E-state index contributed by atoms with van der Waals surface area (Å²) in [6, 6.07) is 1.47. The van der Waals surface area contributed by atoms with Gasteiger partial charge in [0.1, 0.15) is 4.90 Å². The minimum Gasteiger partial charge on any atom is -0.392 e.